The van der Waals surface area contributed by atoms with Crippen LogP contribution in [0.25, 0.3) is 0 Å². The van der Waals surface area contributed by atoms with Gasteiger partial charge in [-0.2, -0.15) is 0 Å². The Morgan fingerprint density at radius 1 is 1.47 bits per heavy atom. The number of aliphatic hydroxyl groups excluding tert-OH is 1. The van der Waals surface area contributed by atoms with E-state index in [9.17, 15) is 9.90 Å². The van der Waals surface area contributed by atoms with Crippen molar-refractivity contribution in [2.75, 3.05) is 13.7 Å². The lowest BCUT2D eigenvalue weighted by molar-refractivity contribution is -0.157. The van der Waals surface area contributed by atoms with Gasteiger partial charge in [-0.1, -0.05) is 36.4 Å². The summed E-state index contributed by atoms with van der Waals surface area (Å²) in [5, 5.41) is 10.1. The van der Waals surface area contributed by atoms with Gasteiger partial charge in [0.2, 0.25) is 0 Å². The van der Waals surface area contributed by atoms with E-state index in [4.69, 9.17) is 4.74 Å². The van der Waals surface area contributed by atoms with E-state index in [2.05, 4.69) is 11.3 Å². The normalized spacial score (nSPS) is 15.3. The summed E-state index contributed by atoms with van der Waals surface area (Å²) in [4.78, 5) is 11.6. The van der Waals surface area contributed by atoms with E-state index in [0.29, 0.717) is 6.61 Å². The van der Waals surface area contributed by atoms with Gasteiger partial charge in [0.15, 0.2) is 0 Å². The molecule has 19 heavy (non-hydrogen) atoms. The quantitative estimate of drug-likeness (QED) is 0.604. The Kier molecular flexibility index (Phi) is 5.73. The zero-order valence-electron chi connectivity index (χ0n) is 11.3. The van der Waals surface area contributed by atoms with Crippen LogP contribution in [0.15, 0.2) is 43.0 Å². The molecule has 0 bridgehead atoms. The SMILES string of the molecule is C=C[C@@](C)(C(=O)OC)[C@H](O)COCc1ccccc1. The van der Waals surface area contributed by atoms with E-state index in [1.807, 2.05) is 30.3 Å². The summed E-state index contributed by atoms with van der Waals surface area (Å²) in [6, 6.07) is 9.61. The number of methoxy groups -OCH3 is 1. The topological polar surface area (TPSA) is 55.8 Å². The van der Waals surface area contributed by atoms with Gasteiger partial charge >= 0.3 is 5.97 Å². The van der Waals surface area contributed by atoms with Gasteiger partial charge in [-0.05, 0) is 12.5 Å². The largest absolute Gasteiger partial charge is 0.468 e. The lowest BCUT2D eigenvalue weighted by Gasteiger charge is -2.28. The molecule has 0 radical (unpaired) electrons. The van der Waals surface area contributed by atoms with Crippen LogP contribution >= 0.6 is 0 Å². The Morgan fingerprint density at radius 2 is 2.11 bits per heavy atom. The Labute approximate surface area is 113 Å². The third-order valence-corrected chi connectivity index (χ3v) is 3.13. The number of carbonyl (C=O) groups excluding carboxylic acids is 1. The zero-order valence-corrected chi connectivity index (χ0v) is 11.3. The number of hydrogen-bond donors (Lipinski definition) is 1. The summed E-state index contributed by atoms with van der Waals surface area (Å²) < 4.78 is 10.1. The average molecular weight is 264 g/mol. The lowest BCUT2D eigenvalue weighted by Crippen LogP contribution is -2.41. The monoisotopic (exact) mass is 264 g/mol. The number of esters is 1. The van der Waals surface area contributed by atoms with Gasteiger partial charge in [0, 0.05) is 0 Å². The molecule has 2 atom stereocenters. The van der Waals surface area contributed by atoms with Crippen LogP contribution in [0.1, 0.15) is 12.5 Å². The molecule has 0 amide bonds. The molecule has 1 N–H and O–H groups in total. The molecule has 0 unspecified atom stereocenters. The van der Waals surface area contributed by atoms with E-state index in [0.717, 1.165) is 5.56 Å². The highest BCUT2D eigenvalue weighted by atomic mass is 16.5. The minimum atomic E-state index is -1.16. The first-order valence-corrected chi connectivity index (χ1v) is 6.06. The molecule has 4 heteroatoms. The minimum Gasteiger partial charge on any atom is -0.468 e. The Hall–Kier alpha value is -1.65. The molecule has 0 aliphatic carbocycles. The van der Waals surface area contributed by atoms with E-state index in [1.54, 1.807) is 6.92 Å². The number of rotatable bonds is 7. The average Bonchev–Trinajstić information content (AvgIpc) is 2.46. The zero-order chi connectivity index (χ0) is 14.3. The van der Waals surface area contributed by atoms with Crippen molar-refractivity contribution in [3.05, 3.63) is 48.6 Å². The maximum Gasteiger partial charge on any atom is 0.318 e. The van der Waals surface area contributed by atoms with Gasteiger partial charge in [-0.25, -0.2) is 0 Å². The molecule has 4 nitrogen and oxygen atoms in total. The van der Waals surface area contributed by atoms with Gasteiger partial charge in [-0.3, -0.25) is 4.79 Å². The van der Waals surface area contributed by atoms with Crippen LogP contribution in [0.5, 0.6) is 0 Å². The summed E-state index contributed by atoms with van der Waals surface area (Å²) in [7, 11) is 1.28. The molecule has 0 fully saturated rings. The number of hydrogen-bond acceptors (Lipinski definition) is 4. The molecule has 0 saturated carbocycles. The first-order chi connectivity index (χ1) is 9.04. The number of carbonyl (C=O) groups is 1. The van der Waals surface area contributed by atoms with Gasteiger partial charge < -0.3 is 14.6 Å². The maximum absolute atomic E-state index is 11.6. The van der Waals surface area contributed by atoms with Crippen molar-refractivity contribution >= 4 is 5.97 Å². The predicted octanol–water partition coefficient (Wildman–Crippen LogP) is 1.93. The van der Waals surface area contributed by atoms with Gasteiger partial charge in [0.1, 0.15) is 5.41 Å². The van der Waals surface area contributed by atoms with E-state index in [1.165, 1.54) is 13.2 Å². The van der Waals surface area contributed by atoms with Crippen molar-refractivity contribution in [3.8, 4) is 0 Å². The molecule has 1 aromatic rings. The molecule has 1 aromatic carbocycles. The molecule has 0 aliphatic rings. The Balaban J connectivity index is 2.52. The van der Waals surface area contributed by atoms with Gasteiger partial charge in [-0.15, -0.1) is 6.58 Å². The molecule has 0 aromatic heterocycles. The smallest absolute Gasteiger partial charge is 0.318 e. The summed E-state index contributed by atoms with van der Waals surface area (Å²) in [5.41, 5.74) is -0.154. The summed E-state index contributed by atoms with van der Waals surface area (Å²) in [6.45, 7) is 5.56. The maximum atomic E-state index is 11.6. The summed E-state index contributed by atoms with van der Waals surface area (Å²) >= 11 is 0. The molecular weight excluding hydrogens is 244 g/mol. The van der Waals surface area contributed by atoms with E-state index < -0.39 is 17.5 Å². The number of ether oxygens (including phenoxy) is 2. The molecule has 0 spiro atoms. The third-order valence-electron chi connectivity index (χ3n) is 3.13. The van der Waals surface area contributed by atoms with Crippen LogP contribution in [0.3, 0.4) is 0 Å². The van der Waals surface area contributed by atoms with Gasteiger partial charge in [0.25, 0.3) is 0 Å². The van der Waals surface area contributed by atoms with Crippen LogP contribution in [0.2, 0.25) is 0 Å². The van der Waals surface area contributed by atoms with Crippen molar-refractivity contribution in [1.29, 1.82) is 0 Å². The van der Waals surface area contributed by atoms with Crippen molar-refractivity contribution in [2.24, 2.45) is 5.41 Å². The predicted molar refractivity (Wildman–Crippen MR) is 72.4 cm³/mol. The highest BCUT2D eigenvalue weighted by Gasteiger charge is 2.39. The highest BCUT2D eigenvalue weighted by molar-refractivity contribution is 5.79. The molecule has 0 saturated heterocycles. The van der Waals surface area contributed by atoms with Crippen molar-refractivity contribution < 1.29 is 19.4 Å². The second-order valence-corrected chi connectivity index (χ2v) is 4.49. The Morgan fingerprint density at radius 3 is 2.63 bits per heavy atom. The summed E-state index contributed by atoms with van der Waals surface area (Å²) in [6.07, 6.45) is 0.385. The van der Waals surface area contributed by atoms with E-state index in [-0.39, 0.29) is 6.61 Å². The highest BCUT2D eigenvalue weighted by Crippen LogP contribution is 2.25. The Bertz CT molecular complexity index is 415. The van der Waals surface area contributed by atoms with Crippen LogP contribution < -0.4 is 0 Å². The molecule has 104 valence electrons. The molecule has 1 rings (SSSR count). The molecular formula is C15H20O4. The molecule has 0 aliphatic heterocycles. The number of aliphatic hydroxyl groups is 1. The van der Waals surface area contributed by atoms with Crippen molar-refractivity contribution in [2.45, 2.75) is 19.6 Å². The van der Waals surface area contributed by atoms with Gasteiger partial charge in [0.05, 0.1) is 26.4 Å². The standard InChI is InChI=1S/C15H20O4/c1-4-15(2,14(17)18-3)13(16)11-19-10-12-8-6-5-7-9-12/h4-9,13,16H,1,10-11H2,2-3H3/t13-,15-/m1/s1. The fourth-order valence-corrected chi connectivity index (χ4v) is 1.61. The van der Waals surface area contributed by atoms with Crippen LogP contribution in [-0.4, -0.2) is 30.9 Å². The fourth-order valence-electron chi connectivity index (χ4n) is 1.61. The lowest BCUT2D eigenvalue weighted by atomic mass is 9.84. The minimum absolute atomic E-state index is 0.0342. The van der Waals surface area contributed by atoms with E-state index >= 15 is 0 Å². The fraction of sp³-hybridized carbons (Fsp3) is 0.400. The molecule has 0 heterocycles. The first kappa shape index (κ1) is 15.4. The first-order valence-electron chi connectivity index (χ1n) is 6.06. The third kappa shape index (κ3) is 3.91. The number of benzene rings is 1. The second kappa shape index (κ2) is 7.07. The van der Waals surface area contributed by atoms with Crippen LogP contribution in [0.4, 0.5) is 0 Å². The van der Waals surface area contributed by atoms with Crippen molar-refractivity contribution in [1.82, 2.24) is 0 Å². The van der Waals surface area contributed by atoms with Crippen LogP contribution in [0, 0.1) is 5.41 Å². The summed E-state index contributed by atoms with van der Waals surface area (Å²) in [5.74, 6) is -0.529. The van der Waals surface area contributed by atoms with Crippen molar-refractivity contribution in [3.63, 3.8) is 0 Å². The van der Waals surface area contributed by atoms with Crippen LogP contribution in [-0.2, 0) is 20.9 Å². The second-order valence-electron chi connectivity index (χ2n) is 4.49.